The van der Waals surface area contributed by atoms with Crippen molar-refractivity contribution >= 4 is 17.2 Å². The van der Waals surface area contributed by atoms with Crippen molar-refractivity contribution in [2.24, 2.45) is 0 Å². The minimum Gasteiger partial charge on any atom is -0.386 e. The van der Waals surface area contributed by atoms with Crippen LogP contribution in [0.15, 0.2) is 17.5 Å². The van der Waals surface area contributed by atoms with Crippen molar-refractivity contribution in [1.82, 2.24) is 9.80 Å². The van der Waals surface area contributed by atoms with Crippen molar-refractivity contribution in [1.29, 1.82) is 0 Å². The zero-order valence-electron chi connectivity index (χ0n) is 12.1. The lowest BCUT2D eigenvalue weighted by molar-refractivity contribution is -0.133. The first kappa shape index (κ1) is 15.5. The van der Waals surface area contributed by atoms with Gasteiger partial charge in [0, 0.05) is 44.0 Å². The second-order valence-electron chi connectivity index (χ2n) is 5.32. The van der Waals surface area contributed by atoms with Gasteiger partial charge in [-0.1, -0.05) is 19.4 Å². The average Bonchev–Trinajstić information content (AvgIpc) is 3.00. The minimum atomic E-state index is -0.405. The zero-order chi connectivity index (χ0) is 14.4. The van der Waals surface area contributed by atoms with E-state index in [1.54, 1.807) is 11.3 Å². The van der Waals surface area contributed by atoms with Crippen LogP contribution in [0.1, 0.15) is 37.2 Å². The number of carbonyl (C=O) groups excluding carboxylic acids is 1. The van der Waals surface area contributed by atoms with Crippen LogP contribution in [0.2, 0.25) is 0 Å². The van der Waals surface area contributed by atoms with Crippen molar-refractivity contribution in [3.63, 3.8) is 0 Å². The Morgan fingerprint density at radius 2 is 2.15 bits per heavy atom. The number of rotatable bonds is 6. The van der Waals surface area contributed by atoms with Gasteiger partial charge < -0.3 is 10.0 Å². The Morgan fingerprint density at radius 1 is 1.40 bits per heavy atom. The van der Waals surface area contributed by atoms with E-state index in [1.807, 2.05) is 22.4 Å². The van der Waals surface area contributed by atoms with E-state index in [0.29, 0.717) is 13.0 Å². The molecule has 0 saturated carbocycles. The lowest BCUT2D eigenvalue weighted by Gasteiger charge is -2.35. The molecule has 1 aliphatic heterocycles. The average molecular weight is 296 g/mol. The summed E-state index contributed by atoms with van der Waals surface area (Å²) in [5.74, 6) is 0.283. The number of unbranched alkanes of at least 4 members (excludes halogenated alkanes) is 1. The van der Waals surface area contributed by atoms with Crippen LogP contribution in [-0.2, 0) is 4.79 Å². The molecule has 0 bridgehead atoms. The quantitative estimate of drug-likeness (QED) is 0.874. The third-order valence-electron chi connectivity index (χ3n) is 3.77. The van der Waals surface area contributed by atoms with Crippen molar-refractivity contribution in [3.8, 4) is 0 Å². The zero-order valence-corrected chi connectivity index (χ0v) is 12.9. The number of aliphatic hydroxyl groups excluding tert-OH is 1. The number of hydrogen-bond donors (Lipinski definition) is 1. The van der Waals surface area contributed by atoms with Gasteiger partial charge in [0.05, 0.1) is 0 Å². The topological polar surface area (TPSA) is 43.8 Å². The third kappa shape index (κ3) is 4.30. The molecule has 1 N–H and O–H groups in total. The first-order valence-electron chi connectivity index (χ1n) is 7.42. The van der Waals surface area contributed by atoms with Gasteiger partial charge in [0.2, 0.25) is 5.91 Å². The molecule has 20 heavy (non-hydrogen) atoms. The molecule has 1 saturated heterocycles. The predicted octanol–water partition coefficient (Wildman–Crippen LogP) is 2.12. The number of amides is 1. The van der Waals surface area contributed by atoms with Crippen LogP contribution in [0.4, 0.5) is 0 Å². The molecule has 1 amide bonds. The highest BCUT2D eigenvalue weighted by atomic mass is 32.1. The van der Waals surface area contributed by atoms with Gasteiger partial charge in [0.1, 0.15) is 6.10 Å². The molecule has 0 spiro atoms. The van der Waals surface area contributed by atoms with E-state index in [-0.39, 0.29) is 5.91 Å². The third-order valence-corrected chi connectivity index (χ3v) is 4.75. The number of β-amino-alcohol motifs (C(OH)–C–C–N with tert-alkyl or cyclic N) is 1. The van der Waals surface area contributed by atoms with E-state index in [0.717, 1.165) is 43.9 Å². The van der Waals surface area contributed by atoms with E-state index in [2.05, 4.69) is 11.8 Å². The number of thiophene rings is 1. The number of hydrogen-bond acceptors (Lipinski definition) is 4. The number of aliphatic hydroxyl groups is 1. The lowest BCUT2D eigenvalue weighted by atomic mass is 10.2. The predicted molar refractivity (Wildman–Crippen MR) is 81.8 cm³/mol. The van der Waals surface area contributed by atoms with Gasteiger partial charge in [0.25, 0.3) is 0 Å². The van der Waals surface area contributed by atoms with Crippen LogP contribution < -0.4 is 0 Å². The summed E-state index contributed by atoms with van der Waals surface area (Å²) in [6.07, 6.45) is 2.32. The molecular weight excluding hydrogens is 272 g/mol. The first-order chi connectivity index (χ1) is 9.70. The molecule has 2 heterocycles. The molecule has 4 nitrogen and oxygen atoms in total. The number of piperazine rings is 1. The normalized spacial score (nSPS) is 18.2. The maximum Gasteiger partial charge on any atom is 0.222 e. The second kappa shape index (κ2) is 7.76. The maximum atomic E-state index is 11.9. The summed E-state index contributed by atoms with van der Waals surface area (Å²) < 4.78 is 0. The highest BCUT2D eigenvalue weighted by Crippen LogP contribution is 2.20. The summed E-state index contributed by atoms with van der Waals surface area (Å²) in [5, 5.41) is 12.1. The molecule has 1 aliphatic rings. The molecule has 2 rings (SSSR count). The van der Waals surface area contributed by atoms with Gasteiger partial charge in [-0.25, -0.2) is 0 Å². The monoisotopic (exact) mass is 296 g/mol. The first-order valence-corrected chi connectivity index (χ1v) is 8.30. The Labute approximate surface area is 125 Å². The largest absolute Gasteiger partial charge is 0.386 e. The molecule has 0 radical (unpaired) electrons. The van der Waals surface area contributed by atoms with Crippen molar-refractivity contribution < 1.29 is 9.90 Å². The van der Waals surface area contributed by atoms with Gasteiger partial charge in [-0.3, -0.25) is 9.69 Å². The molecule has 112 valence electrons. The molecule has 1 aromatic heterocycles. The summed E-state index contributed by atoms with van der Waals surface area (Å²) in [6.45, 7) is 6.08. The molecule has 1 aromatic rings. The lowest BCUT2D eigenvalue weighted by Crippen LogP contribution is -2.49. The Morgan fingerprint density at radius 3 is 2.75 bits per heavy atom. The second-order valence-corrected chi connectivity index (χ2v) is 6.30. The molecule has 5 heteroatoms. The smallest absolute Gasteiger partial charge is 0.222 e. The van der Waals surface area contributed by atoms with Crippen molar-refractivity contribution in [2.45, 2.75) is 32.3 Å². The summed E-state index contributed by atoms with van der Waals surface area (Å²) in [7, 11) is 0. The summed E-state index contributed by atoms with van der Waals surface area (Å²) in [6, 6.07) is 3.94. The Bertz CT molecular complexity index is 400. The minimum absolute atomic E-state index is 0.283. The fraction of sp³-hybridized carbons (Fsp3) is 0.667. The van der Waals surface area contributed by atoms with Gasteiger partial charge in [-0.2, -0.15) is 0 Å². The summed E-state index contributed by atoms with van der Waals surface area (Å²) in [4.78, 5) is 17.2. The van der Waals surface area contributed by atoms with E-state index >= 15 is 0 Å². The van der Waals surface area contributed by atoms with Crippen LogP contribution in [0.25, 0.3) is 0 Å². The van der Waals surface area contributed by atoms with Crippen molar-refractivity contribution in [2.75, 3.05) is 32.7 Å². The highest BCUT2D eigenvalue weighted by molar-refractivity contribution is 7.10. The highest BCUT2D eigenvalue weighted by Gasteiger charge is 2.22. The summed E-state index contributed by atoms with van der Waals surface area (Å²) in [5.41, 5.74) is 0. The van der Waals surface area contributed by atoms with Crippen molar-refractivity contribution in [3.05, 3.63) is 22.4 Å². The van der Waals surface area contributed by atoms with E-state index in [4.69, 9.17) is 0 Å². The molecule has 0 aromatic carbocycles. The number of nitrogens with zero attached hydrogens (tertiary/aromatic N) is 2. The van der Waals surface area contributed by atoms with Gasteiger partial charge >= 0.3 is 0 Å². The standard InChI is InChI=1S/C15H24N2O2S/c1-2-3-6-15(19)17-9-7-16(8-10-17)12-13(18)14-5-4-11-20-14/h4-5,11,13,18H,2-3,6-10,12H2,1H3. The van der Waals surface area contributed by atoms with Gasteiger partial charge in [0.15, 0.2) is 0 Å². The van der Waals surface area contributed by atoms with E-state index in [1.165, 1.54) is 0 Å². The van der Waals surface area contributed by atoms with Crippen LogP contribution >= 0.6 is 11.3 Å². The Kier molecular flexibility index (Phi) is 6.01. The maximum absolute atomic E-state index is 11.9. The van der Waals surface area contributed by atoms with Crippen LogP contribution in [0.5, 0.6) is 0 Å². The van der Waals surface area contributed by atoms with Gasteiger partial charge in [-0.05, 0) is 17.9 Å². The van der Waals surface area contributed by atoms with Crippen LogP contribution in [0, 0.1) is 0 Å². The molecule has 0 aliphatic carbocycles. The van der Waals surface area contributed by atoms with E-state index in [9.17, 15) is 9.90 Å². The van der Waals surface area contributed by atoms with Gasteiger partial charge in [-0.15, -0.1) is 11.3 Å². The molecule has 1 unspecified atom stereocenters. The molecule has 1 fully saturated rings. The van der Waals surface area contributed by atoms with E-state index < -0.39 is 6.10 Å². The fourth-order valence-electron chi connectivity index (χ4n) is 2.48. The van der Waals surface area contributed by atoms with Crippen LogP contribution in [0.3, 0.4) is 0 Å². The Balaban J connectivity index is 1.73. The van der Waals surface area contributed by atoms with Crippen LogP contribution in [-0.4, -0.2) is 53.5 Å². The molecular formula is C15H24N2O2S. The SMILES string of the molecule is CCCCC(=O)N1CCN(CC(O)c2cccs2)CC1. The number of carbonyl (C=O) groups is 1. The Hall–Kier alpha value is -0.910. The fourth-order valence-corrected chi connectivity index (χ4v) is 3.18. The summed E-state index contributed by atoms with van der Waals surface area (Å²) >= 11 is 1.59. The molecule has 1 atom stereocenters.